The number of rotatable bonds is 0. The Kier molecular flexibility index (Phi) is 2.77. The first kappa shape index (κ1) is 11.5. The summed E-state index contributed by atoms with van der Waals surface area (Å²) in [7, 11) is 0. The number of thioether (sulfide) groups is 1. The van der Waals surface area contributed by atoms with Gasteiger partial charge in [-0.1, -0.05) is 0 Å². The molecule has 0 saturated heterocycles. The van der Waals surface area contributed by atoms with Gasteiger partial charge in [-0.15, -0.1) is 11.8 Å². The Hall–Kier alpha value is -2.00. The number of nitrogens with zero attached hydrogens (tertiary/aromatic N) is 2. The summed E-state index contributed by atoms with van der Waals surface area (Å²) < 4.78 is 0. The minimum Gasteiger partial charge on any atom is -0.399 e. The Morgan fingerprint density at radius 2 is 2.29 bits per heavy atom. The molecule has 0 fully saturated rings. The molecule has 2 amide bonds. The summed E-state index contributed by atoms with van der Waals surface area (Å²) in [5, 5.41) is 8.27. The van der Waals surface area contributed by atoms with Gasteiger partial charge in [-0.05, 0) is 25.1 Å². The highest BCUT2D eigenvalue weighted by molar-refractivity contribution is 8.01. The molecule has 1 heterocycles. The zero-order valence-electron chi connectivity index (χ0n) is 9.01. The quantitative estimate of drug-likeness (QED) is 0.548. The number of anilines is 2. The first-order valence-corrected chi connectivity index (χ1v) is 5.76. The molecule has 6 heteroatoms. The number of hydrogen-bond acceptors (Lipinski definition) is 5. The summed E-state index contributed by atoms with van der Waals surface area (Å²) in [5.74, 6) is -1.27. The molecule has 0 aromatic heterocycles. The predicted octanol–water partition coefficient (Wildman–Crippen LogP) is 1.15. The van der Waals surface area contributed by atoms with Gasteiger partial charge in [0, 0.05) is 10.6 Å². The van der Waals surface area contributed by atoms with Crippen LogP contribution in [0.15, 0.2) is 23.1 Å². The molecule has 2 rings (SSSR count). The van der Waals surface area contributed by atoms with Crippen LogP contribution in [0.4, 0.5) is 11.4 Å². The Labute approximate surface area is 102 Å². The van der Waals surface area contributed by atoms with E-state index in [2.05, 4.69) is 0 Å². The maximum absolute atomic E-state index is 11.9. The van der Waals surface area contributed by atoms with Crippen molar-refractivity contribution in [3.8, 4) is 6.07 Å². The molecule has 5 nitrogen and oxygen atoms in total. The van der Waals surface area contributed by atoms with Crippen molar-refractivity contribution in [2.75, 3.05) is 10.6 Å². The minimum absolute atomic E-state index is 0.386. The number of carbonyl (C=O) groups excluding carboxylic acids is 2. The summed E-state index contributed by atoms with van der Waals surface area (Å²) in [5.41, 5.74) is 6.46. The maximum atomic E-state index is 11.9. The Bertz CT molecular complexity index is 550. The van der Waals surface area contributed by atoms with E-state index in [1.807, 2.05) is 0 Å². The van der Waals surface area contributed by atoms with Crippen LogP contribution >= 0.6 is 11.8 Å². The van der Waals surface area contributed by atoms with E-state index in [1.54, 1.807) is 19.1 Å². The zero-order chi connectivity index (χ0) is 12.6. The molecule has 1 unspecified atom stereocenters. The summed E-state index contributed by atoms with van der Waals surface area (Å²) >= 11 is 1.35. The molecular weight excluding hydrogens is 238 g/mol. The van der Waals surface area contributed by atoms with Crippen LogP contribution in [0.2, 0.25) is 0 Å². The van der Waals surface area contributed by atoms with Crippen LogP contribution in [0.5, 0.6) is 0 Å². The molecule has 0 spiro atoms. The van der Waals surface area contributed by atoms with E-state index in [9.17, 15) is 9.59 Å². The number of nitrogen functional groups attached to an aromatic ring is 1. The summed E-state index contributed by atoms with van der Waals surface area (Å²) in [6, 6.07) is 6.43. The number of benzene rings is 1. The average molecular weight is 247 g/mol. The second kappa shape index (κ2) is 4.11. The fourth-order valence-corrected chi connectivity index (χ4v) is 2.61. The van der Waals surface area contributed by atoms with E-state index in [1.165, 1.54) is 23.9 Å². The highest BCUT2D eigenvalue weighted by Crippen LogP contribution is 2.40. The van der Waals surface area contributed by atoms with Gasteiger partial charge in [0.05, 0.1) is 10.9 Å². The van der Waals surface area contributed by atoms with Gasteiger partial charge < -0.3 is 5.73 Å². The van der Waals surface area contributed by atoms with E-state index < -0.39 is 5.91 Å². The number of carbonyl (C=O) groups is 2. The minimum atomic E-state index is -0.881. The largest absolute Gasteiger partial charge is 0.399 e. The molecule has 86 valence electrons. The molecule has 1 aliphatic rings. The molecule has 0 bridgehead atoms. The van der Waals surface area contributed by atoms with Gasteiger partial charge in [-0.25, -0.2) is 4.90 Å². The molecule has 1 aromatic rings. The summed E-state index contributed by atoms with van der Waals surface area (Å²) in [6.45, 7) is 1.70. The molecule has 0 aliphatic carbocycles. The smallest absolute Gasteiger partial charge is 0.336 e. The summed E-state index contributed by atoms with van der Waals surface area (Å²) in [4.78, 5) is 25.1. The average Bonchev–Trinajstić information content (AvgIpc) is 2.31. The molecule has 0 saturated carbocycles. The third-order valence-corrected chi connectivity index (χ3v) is 3.55. The van der Waals surface area contributed by atoms with Crippen LogP contribution in [0.1, 0.15) is 6.92 Å². The topological polar surface area (TPSA) is 87.2 Å². The molecule has 0 radical (unpaired) electrons. The van der Waals surface area contributed by atoms with Crippen LogP contribution in [0.25, 0.3) is 0 Å². The Balaban J connectivity index is 2.59. The van der Waals surface area contributed by atoms with Gasteiger partial charge in [0.25, 0.3) is 0 Å². The molecule has 2 N–H and O–H groups in total. The SMILES string of the molecule is CC1Sc2ccc(N)cc2N(C(=O)C#N)C1=O. The van der Waals surface area contributed by atoms with Crippen LogP contribution in [-0.2, 0) is 9.59 Å². The first-order chi connectivity index (χ1) is 8.04. The van der Waals surface area contributed by atoms with Crippen molar-refractivity contribution >= 4 is 35.0 Å². The van der Waals surface area contributed by atoms with Gasteiger partial charge in [0.1, 0.15) is 0 Å². The van der Waals surface area contributed by atoms with Crippen LogP contribution in [0, 0.1) is 11.3 Å². The molecule has 1 aliphatic heterocycles. The molecule has 17 heavy (non-hydrogen) atoms. The number of imide groups is 1. The fraction of sp³-hybridized carbons (Fsp3) is 0.182. The second-order valence-electron chi connectivity index (χ2n) is 3.58. The third kappa shape index (κ3) is 1.85. The van der Waals surface area contributed by atoms with Gasteiger partial charge in [-0.3, -0.25) is 9.59 Å². The maximum Gasteiger partial charge on any atom is 0.336 e. The van der Waals surface area contributed by atoms with Gasteiger partial charge >= 0.3 is 5.91 Å². The van der Waals surface area contributed by atoms with Crippen molar-refractivity contribution in [1.82, 2.24) is 0 Å². The van der Waals surface area contributed by atoms with Gasteiger partial charge in [-0.2, -0.15) is 5.26 Å². The van der Waals surface area contributed by atoms with E-state index >= 15 is 0 Å². The van der Waals surface area contributed by atoms with Crippen molar-refractivity contribution in [3.05, 3.63) is 18.2 Å². The number of fused-ring (bicyclic) bond motifs is 1. The standard InChI is InChI=1S/C11H9N3O2S/c1-6-11(16)14(10(15)5-12)8-4-7(13)2-3-9(8)17-6/h2-4,6H,13H2,1H3. The van der Waals surface area contributed by atoms with Crippen LogP contribution < -0.4 is 10.6 Å². The third-order valence-electron chi connectivity index (χ3n) is 2.39. The normalized spacial score (nSPS) is 18.5. The van der Waals surface area contributed by atoms with E-state index in [4.69, 9.17) is 11.0 Å². The van der Waals surface area contributed by atoms with Gasteiger partial charge in [0.15, 0.2) is 6.07 Å². The predicted molar refractivity (Wildman–Crippen MR) is 64.3 cm³/mol. The fourth-order valence-electron chi connectivity index (χ4n) is 1.61. The Morgan fingerprint density at radius 3 is 2.94 bits per heavy atom. The first-order valence-electron chi connectivity index (χ1n) is 4.89. The zero-order valence-corrected chi connectivity index (χ0v) is 9.82. The molecular formula is C11H9N3O2S. The molecule has 1 atom stereocenters. The number of amides is 2. The van der Waals surface area contributed by atoms with E-state index in [-0.39, 0.29) is 11.2 Å². The molecule has 1 aromatic carbocycles. The number of hydrogen-bond donors (Lipinski definition) is 1. The number of nitriles is 1. The monoisotopic (exact) mass is 247 g/mol. The van der Waals surface area contributed by atoms with Crippen LogP contribution in [0.3, 0.4) is 0 Å². The second-order valence-corrected chi connectivity index (χ2v) is 4.96. The van der Waals surface area contributed by atoms with Crippen molar-refractivity contribution in [3.63, 3.8) is 0 Å². The number of nitrogens with two attached hydrogens (primary N) is 1. The lowest BCUT2D eigenvalue weighted by Gasteiger charge is -2.29. The van der Waals surface area contributed by atoms with E-state index in [0.29, 0.717) is 11.4 Å². The van der Waals surface area contributed by atoms with Crippen molar-refractivity contribution in [2.45, 2.75) is 17.1 Å². The lowest BCUT2D eigenvalue weighted by Crippen LogP contribution is -2.43. The lowest BCUT2D eigenvalue weighted by atomic mass is 10.2. The Morgan fingerprint density at radius 1 is 1.59 bits per heavy atom. The van der Waals surface area contributed by atoms with Crippen molar-refractivity contribution in [2.24, 2.45) is 0 Å². The van der Waals surface area contributed by atoms with Crippen molar-refractivity contribution in [1.29, 1.82) is 5.26 Å². The van der Waals surface area contributed by atoms with Crippen LogP contribution in [-0.4, -0.2) is 17.1 Å². The highest BCUT2D eigenvalue weighted by Gasteiger charge is 2.34. The van der Waals surface area contributed by atoms with Gasteiger partial charge in [0.2, 0.25) is 5.91 Å². The highest BCUT2D eigenvalue weighted by atomic mass is 32.2. The lowest BCUT2D eigenvalue weighted by molar-refractivity contribution is -0.123. The summed E-state index contributed by atoms with van der Waals surface area (Å²) in [6.07, 6.45) is 0. The van der Waals surface area contributed by atoms with Crippen molar-refractivity contribution < 1.29 is 9.59 Å². The van der Waals surface area contributed by atoms with E-state index in [0.717, 1.165) is 9.80 Å².